The van der Waals surface area contributed by atoms with Crippen molar-refractivity contribution in [3.05, 3.63) is 11.6 Å². The van der Waals surface area contributed by atoms with Gasteiger partial charge in [0.25, 0.3) is 0 Å². The normalized spacial score (nSPS) is 14.0. The number of unbranched alkanes of at least 4 members (excludes halogenated alkanes) is 2. The first kappa shape index (κ1) is 13.2. The molecule has 4 nitrogen and oxygen atoms in total. The summed E-state index contributed by atoms with van der Waals surface area (Å²) in [6.07, 6.45) is 6.16. The molecule has 1 aliphatic heterocycles. The van der Waals surface area contributed by atoms with Crippen LogP contribution in [0, 0.1) is 0 Å². The highest BCUT2D eigenvalue weighted by Crippen LogP contribution is 2.16. The highest BCUT2D eigenvalue weighted by Gasteiger charge is 2.21. The predicted octanol–water partition coefficient (Wildman–Crippen LogP) is 2.95. The summed E-state index contributed by atoms with van der Waals surface area (Å²) in [5, 5.41) is 1.87. The molecule has 1 N–H and O–H groups in total. The lowest BCUT2D eigenvalue weighted by molar-refractivity contribution is 0.173. The summed E-state index contributed by atoms with van der Waals surface area (Å²) in [5.41, 5.74) is 2.91. The Kier molecular flexibility index (Phi) is 6.15. The first-order chi connectivity index (χ1) is 7.79. The number of nitrogens with one attached hydrogen (secondary N) is 1. The number of hydrogen-bond donors (Lipinski definition) is 1. The molecule has 1 aliphatic rings. The first-order valence-corrected chi connectivity index (χ1v) is 6.80. The van der Waals surface area contributed by atoms with E-state index < -0.39 is 0 Å². The van der Waals surface area contributed by atoms with Crippen LogP contribution in [0.25, 0.3) is 0 Å². The first-order valence-electron chi connectivity index (χ1n) is 5.96. The molecular formula is C11H21N3OS. The summed E-state index contributed by atoms with van der Waals surface area (Å²) in [5.74, 6) is 0. The van der Waals surface area contributed by atoms with Gasteiger partial charge in [0.2, 0.25) is 0 Å². The van der Waals surface area contributed by atoms with Crippen LogP contribution in [-0.2, 0) is 0 Å². The van der Waals surface area contributed by atoms with E-state index in [2.05, 4.69) is 19.3 Å². The van der Waals surface area contributed by atoms with E-state index in [1.54, 1.807) is 10.6 Å². The van der Waals surface area contributed by atoms with Crippen LogP contribution in [0.3, 0.4) is 0 Å². The zero-order valence-corrected chi connectivity index (χ0v) is 10.9. The Labute approximate surface area is 102 Å². The second-order valence-corrected chi connectivity index (χ2v) is 4.66. The van der Waals surface area contributed by atoms with E-state index in [1.165, 1.54) is 11.9 Å². The van der Waals surface area contributed by atoms with Crippen LogP contribution in [0.5, 0.6) is 0 Å². The van der Waals surface area contributed by atoms with Crippen molar-refractivity contribution in [2.24, 2.45) is 0 Å². The van der Waals surface area contributed by atoms with Crippen molar-refractivity contribution in [1.82, 2.24) is 14.7 Å². The van der Waals surface area contributed by atoms with Crippen molar-refractivity contribution in [3.8, 4) is 0 Å². The summed E-state index contributed by atoms with van der Waals surface area (Å²) < 4.78 is 1.57. The molecule has 0 saturated carbocycles. The molecule has 5 heteroatoms. The van der Waals surface area contributed by atoms with Gasteiger partial charge in [0, 0.05) is 36.6 Å². The average Bonchev–Trinajstić information content (AvgIpc) is 2.82. The minimum absolute atomic E-state index is 0.0666. The van der Waals surface area contributed by atoms with Crippen molar-refractivity contribution in [3.63, 3.8) is 0 Å². The largest absolute Gasteiger partial charge is 0.349 e. The van der Waals surface area contributed by atoms with Crippen molar-refractivity contribution in [2.45, 2.75) is 39.5 Å². The molecule has 0 spiro atoms. The van der Waals surface area contributed by atoms with Gasteiger partial charge in [-0.2, -0.15) is 4.41 Å². The van der Waals surface area contributed by atoms with Crippen LogP contribution in [-0.4, -0.2) is 28.4 Å². The van der Waals surface area contributed by atoms with Crippen molar-refractivity contribution in [1.29, 1.82) is 0 Å². The van der Waals surface area contributed by atoms with Gasteiger partial charge < -0.3 is 4.90 Å². The summed E-state index contributed by atoms with van der Waals surface area (Å²) in [7, 11) is 0. The number of carbonyl (C=O) groups is 1. The van der Waals surface area contributed by atoms with Crippen molar-refractivity contribution in [2.75, 3.05) is 13.1 Å². The molecule has 0 aromatic carbocycles. The van der Waals surface area contributed by atoms with E-state index in [0.29, 0.717) is 0 Å². The molecule has 0 aliphatic carbocycles. The summed E-state index contributed by atoms with van der Waals surface area (Å²) in [6.45, 7) is 6.00. The van der Waals surface area contributed by atoms with Gasteiger partial charge in [0.05, 0.1) is 0 Å². The van der Waals surface area contributed by atoms with E-state index in [1.807, 2.05) is 10.3 Å². The number of rotatable bonds is 6. The maximum atomic E-state index is 12.1. The molecule has 92 valence electrons. The summed E-state index contributed by atoms with van der Waals surface area (Å²) in [4.78, 5) is 14.0. The SMILES string of the molecule is CCCCN(CCCC)C(=O)N1NC=CS1. The number of carbonyl (C=O) groups excluding carboxylic acids is 1. The topological polar surface area (TPSA) is 35.6 Å². The second-order valence-electron chi connectivity index (χ2n) is 3.81. The number of urea groups is 1. The average molecular weight is 243 g/mol. The van der Waals surface area contributed by atoms with Gasteiger partial charge in [-0.25, -0.2) is 4.79 Å². The maximum absolute atomic E-state index is 12.1. The molecule has 2 amide bonds. The van der Waals surface area contributed by atoms with E-state index in [9.17, 15) is 4.79 Å². The van der Waals surface area contributed by atoms with Crippen LogP contribution in [0.1, 0.15) is 39.5 Å². The lowest BCUT2D eigenvalue weighted by Gasteiger charge is -2.26. The van der Waals surface area contributed by atoms with Crippen LogP contribution in [0.2, 0.25) is 0 Å². The third kappa shape index (κ3) is 3.96. The lowest BCUT2D eigenvalue weighted by atomic mass is 10.3. The zero-order chi connectivity index (χ0) is 11.8. The smallest absolute Gasteiger partial charge is 0.322 e. The minimum Gasteiger partial charge on any atom is -0.322 e. The predicted molar refractivity (Wildman–Crippen MR) is 68.5 cm³/mol. The summed E-state index contributed by atoms with van der Waals surface area (Å²) >= 11 is 1.40. The number of hydrazine groups is 1. The Hall–Kier alpha value is -0.840. The Morgan fingerprint density at radius 2 is 1.94 bits per heavy atom. The van der Waals surface area contributed by atoms with Gasteiger partial charge in [0.1, 0.15) is 0 Å². The van der Waals surface area contributed by atoms with Gasteiger partial charge in [-0.3, -0.25) is 5.43 Å². The Morgan fingerprint density at radius 3 is 2.38 bits per heavy atom. The highest BCUT2D eigenvalue weighted by atomic mass is 32.2. The molecule has 0 bridgehead atoms. The fourth-order valence-corrected chi connectivity index (χ4v) is 2.02. The Bertz CT molecular complexity index is 229. The highest BCUT2D eigenvalue weighted by molar-refractivity contribution is 8.00. The van der Waals surface area contributed by atoms with Crippen molar-refractivity contribution < 1.29 is 4.79 Å². The molecule has 16 heavy (non-hydrogen) atoms. The molecular weight excluding hydrogens is 222 g/mol. The quantitative estimate of drug-likeness (QED) is 0.729. The molecule has 1 rings (SSSR count). The van der Waals surface area contributed by atoms with Gasteiger partial charge in [-0.05, 0) is 12.8 Å². The van der Waals surface area contributed by atoms with Crippen LogP contribution >= 0.6 is 11.9 Å². The number of nitrogens with zero attached hydrogens (tertiary/aromatic N) is 2. The molecule has 0 aromatic rings. The van der Waals surface area contributed by atoms with E-state index in [4.69, 9.17) is 0 Å². The zero-order valence-electron chi connectivity index (χ0n) is 10.1. The Balaban J connectivity index is 2.42. The second kappa shape index (κ2) is 7.44. The summed E-state index contributed by atoms with van der Waals surface area (Å²) in [6, 6.07) is 0.0666. The molecule has 0 unspecified atom stereocenters. The third-order valence-corrected chi connectivity index (χ3v) is 3.16. The molecule has 0 radical (unpaired) electrons. The molecule has 0 atom stereocenters. The standard InChI is InChI=1S/C11H21N3OS/c1-3-5-8-13(9-6-4-2)11(15)14-12-7-10-16-14/h7,10,12H,3-6,8-9H2,1-2H3. The third-order valence-electron chi connectivity index (χ3n) is 2.43. The van der Waals surface area contributed by atoms with Gasteiger partial charge in [-0.15, -0.1) is 0 Å². The van der Waals surface area contributed by atoms with E-state index in [0.717, 1.165) is 38.8 Å². The van der Waals surface area contributed by atoms with E-state index >= 15 is 0 Å². The van der Waals surface area contributed by atoms with E-state index in [-0.39, 0.29) is 6.03 Å². The molecule has 0 saturated heterocycles. The maximum Gasteiger partial charge on any atom is 0.349 e. The number of hydrogen-bond acceptors (Lipinski definition) is 3. The van der Waals surface area contributed by atoms with Crippen LogP contribution < -0.4 is 5.43 Å². The monoisotopic (exact) mass is 243 g/mol. The van der Waals surface area contributed by atoms with Gasteiger partial charge in [-0.1, -0.05) is 26.7 Å². The molecule has 1 heterocycles. The fraction of sp³-hybridized carbons (Fsp3) is 0.727. The minimum atomic E-state index is 0.0666. The molecule has 0 aromatic heterocycles. The van der Waals surface area contributed by atoms with Crippen LogP contribution in [0.15, 0.2) is 11.6 Å². The van der Waals surface area contributed by atoms with Gasteiger partial charge >= 0.3 is 6.03 Å². The van der Waals surface area contributed by atoms with Gasteiger partial charge in [0.15, 0.2) is 0 Å². The fourth-order valence-electron chi connectivity index (χ4n) is 1.45. The lowest BCUT2D eigenvalue weighted by Crippen LogP contribution is -2.43. The van der Waals surface area contributed by atoms with Crippen molar-refractivity contribution >= 4 is 18.0 Å². The number of amides is 2. The Morgan fingerprint density at radius 1 is 1.31 bits per heavy atom. The molecule has 0 fully saturated rings. The van der Waals surface area contributed by atoms with Crippen LogP contribution in [0.4, 0.5) is 4.79 Å².